The van der Waals surface area contributed by atoms with Gasteiger partial charge in [-0.2, -0.15) is 0 Å². The molecule has 0 bridgehead atoms. The molecule has 4 heteroatoms. The minimum absolute atomic E-state index is 0.0463. The summed E-state index contributed by atoms with van der Waals surface area (Å²) in [6.07, 6.45) is 0. The molecule has 0 saturated carbocycles. The highest BCUT2D eigenvalue weighted by Gasteiger charge is 2.11. The van der Waals surface area contributed by atoms with Crippen LogP contribution >= 0.6 is 0 Å². The summed E-state index contributed by atoms with van der Waals surface area (Å²) in [6.45, 7) is 7.14. The number of allylic oxidation sites excluding steroid dienone is 1. The Morgan fingerprint density at radius 2 is 2.23 bits per heavy atom. The van der Waals surface area contributed by atoms with Crippen molar-refractivity contribution in [1.82, 2.24) is 4.98 Å². The molecule has 0 aliphatic heterocycles. The maximum absolute atomic E-state index is 10.4. The van der Waals surface area contributed by atoms with Crippen LogP contribution < -0.4 is 0 Å². The van der Waals surface area contributed by atoms with Crippen molar-refractivity contribution in [3.05, 3.63) is 40.2 Å². The monoisotopic (exact) mass is 178 g/mol. The molecule has 13 heavy (non-hydrogen) atoms. The van der Waals surface area contributed by atoms with Gasteiger partial charge in [0.05, 0.1) is 10.6 Å². The van der Waals surface area contributed by atoms with Gasteiger partial charge >= 0.3 is 0 Å². The molecule has 0 spiro atoms. The molecule has 0 N–H and O–H groups in total. The van der Waals surface area contributed by atoms with Crippen LogP contribution in [0.15, 0.2) is 18.7 Å². The molecule has 0 atom stereocenters. The Bertz CT molecular complexity index is 372. The van der Waals surface area contributed by atoms with Crippen molar-refractivity contribution in [1.29, 1.82) is 0 Å². The Morgan fingerprint density at radius 1 is 1.62 bits per heavy atom. The van der Waals surface area contributed by atoms with Gasteiger partial charge in [-0.15, -0.1) is 0 Å². The molecule has 0 saturated heterocycles. The predicted molar refractivity (Wildman–Crippen MR) is 50.3 cm³/mol. The Labute approximate surface area is 76.1 Å². The van der Waals surface area contributed by atoms with E-state index in [0.717, 1.165) is 5.57 Å². The summed E-state index contributed by atoms with van der Waals surface area (Å²) in [5, 5.41) is 10.4. The quantitative estimate of drug-likeness (QED) is 0.515. The van der Waals surface area contributed by atoms with Crippen molar-refractivity contribution in [2.75, 3.05) is 0 Å². The van der Waals surface area contributed by atoms with Crippen molar-refractivity contribution in [3.63, 3.8) is 0 Å². The smallest absolute Gasteiger partial charge is 0.258 e. The fourth-order valence-corrected chi connectivity index (χ4v) is 0.984. The molecule has 0 aliphatic rings. The summed E-state index contributed by atoms with van der Waals surface area (Å²) in [6, 6.07) is 3.06. The van der Waals surface area contributed by atoms with E-state index in [1.165, 1.54) is 6.07 Å². The number of hydrogen-bond acceptors (Lipinski definition) is 3. The fraction of sp³-hybridized carbons (Fsp3) is 0.222. The molecule has 1 aromatic rings. The lowest BCUT2D eigenvalue weighted by molar-refractivity contribution is -0.385. The molecule has 68 valence electrons. The number of nitrogens with zero attached hydrogens (tertiary/aromatic N) is 2. The van der Waals surface area contributed by atoms with E-state index < -0.39 is 4.92 Å². The van der Waals surface area contributed by atoms with Gasteiger partial charge < -0.3 is 0 Å². The van der Waals surface area contributed by atoms with E-state index in [-0.39, 0.29) is 5.69 Å². The average molecular weight is 178 g/mol. The van der Waals surface area contributed by atoms with Crippen molar-refractivity contribution in [2.45, 2.75) is 13.8 Å². The summed E-state index contributed by atoms with van der Waals surface area (Å²) in [5.74, 6) is 0. The van der Waals surface area contributed by atoms with Crippen LogP contribution in [0.25, 0.3) is 5.57 Å². The summed E-state index contributed by atoms with van der Waals surface area (Å²) < 4.78 is 0. The third kappa shape index (κ3) is 1.90. The van der Waals surface area contributed by atoms with E-state index in [2.05, 4.69) is 11.6 Å². The summed E-state index contributed by atoms with van der Waals surface area (Å²) in [5.41, 5.74) is 1.97. The zero-order chi connectivity index (χ0) is 10.0. The molecular formula is C9H10N2O2. The molecule has 0 unspecified atom stereocenters. The highest BCUT2D eigenvalue weighted by molar-refractivity contribution is 5.59. The van der Waals surface area contributed by atoms with Gasteiger partial charge in [-0.05, 0) is 25.5 Å². The van der Waals surface area contributed by atoms with E-state index >= 15 is 0 Å². The number of rotatable bonds is 2. The van der Waals surface area contributed by atoms with Crippen LogP contribution in [0.1, 0.15) is 18.3 Å². The Morgan fingerprint density at radius 3 is 2.62 bits per heavy atom. The second-order valence-electron chi connectivity index (χ2n) is 2.84. The Kier molecular flexibility index (Phi) is 2.41. The van der Waals surface area contributed by atoms with Crippen molar-refractivity contribution in [3.8, 4) is 0 Å². The van der Waals surface area contributed by atoms with E-state index in [0.29, 0.717) is 11.4 Å². The lowest BCUT2D eigenvalue weighted by Crippen LogP contribution is -1.96. The third-order valence-corrected chi connectivity index (χ3v) is 1.69. The predicted octanol–water partition coefficient (Wildman–Crippen LogP) is 2.33. The largest absolute Gasteiger partial charge is 0.290 e. The Hall–Kier alpha value is -1.71. The van der Waals surface area contributed by atoms with E-state index in [9.17, 15) is 10.1 Å². The van der Waals surface area contributed by atoms with Crippen molar-refractivity contribution >= 4 is 11.3 Å². The van der Waals surface area contributed by atoms with Gasteiger partial charge in [0, 0.05) is 6.07 Å². The topological polar surface area (TPSA) is 56.0 Å². The van der Waals surface area contributed by atoms with Gasteiger partial charge in [0.25, 0.3) is 5.69 Å². The SMILES string of the molecule is C=C(C)c1ccc([N+](=O)[O-])c(C)n1. The normalized spacial score (nSPS) is 9.69. The van der Waals surface area contributed by atoms with Gasteiger partial charge in [0.1, 0.15) is 5.69 Å². The van der Waals surface area contributed by atoms with Crippen LogP contribution in [0.3, 0.4) is 0 Å². The molecule has 1 heterocycles. The minimum Gasteiger partial charge on any atom is -0.258 e. The molecule has 1 aromatic heterocycles. The maximum atomic E-state index is 10.4. The highest BCUT2D eigenvalue weighted by atomic mass is 16.6. The third-order valence-electron chi connectivity index (χ3n) is 1.69. The molecule has 0 amide bonds. The van der Waals surface area contributed by atoms with Crippen LogP contribution in [-0.2, 0) is 0 Å². The van der Waals surface area contributed by atoms with Crippen molar-refractivity contribution in [2.24, 2.45) is 0 Å². The molecule has 0 aliphatic carbocycles. The molecular weight excluding hydrogens is 168 g/mol. The summed E-state index contributed by atoms with van der Waals surface area (Å²) >= 11 is 0. The number of aryl methyl sites for hydroxylation is 1. The fourth-order valence-electron chi connectivity index (χ4n) is 0.984. The minimum atomic E-state index is -0.440. The highest BCUT2D eigenvalue weighted by Crippen LogP contribution is 2.18. The first-order valence-electron chi connectivity index (χ1n) is 3.80. The molecule has 1 rings (SSSR count). The first kappa shape index (κ1) is 9.38. The lowest BCUT2D eigenvalue weighted by atomic mass is 10.2. The number of nitro groups is 1. The molecule has 0 radical (unpaired) electrons. The van der Waals surface area contributed by atoms with E-state index in [1.807, 2.05) is 6.92 Å². The number of aromatic nitrogens is 1. The second-order valence-corrected chi connectivity index (χ2v) is 2.84. The average Bonchev–Trinajstić information content (AvgIpc) is 2.03. The molecule has 0 aromatic carbocycles. The summed E-state index contributed by atoms with van der Waals surface area (Å²) in [4.78, 5) is 14.1. The van der Waals surface area contributed by atoms with E-state index in [1.54, 1.807) is 13.0 Å². The Balaban J connectivity index is 3.20. The van der Waals surface area contributed by atoms with Gasteiger partial charge in [-0.1, -0.05) is 6.58 Å². The first-order valence-corrected chi connectivity index (χ1v) is 3.80. The van der Waals surface area contributed by atoms with Gasteiger partial charge in [0.2, 0.25) is 0 Å². The number of hydrogen-bond donors (Lipinski definition) is 0. The summed E-state index contributed by atoms with van der Waals surface area (Å²) in [7, 11) is 0. The van der Waals surface area contributed by atoms with Crippen LogP contribution in [0.5, 0.6) is 0 Å². The zero-order valence-electron chi connectivity index (χ0n) is 7.57. The van der Waals surface area contributed by atoms with Gasteiger partial charge in [-0.25, -0.2) is 4.98 Å². The van der Waals surface area contributed by atoms with Crippen LogP contribution in [0, 0.1) is 17.0 Å². The lowest BCUT2D eigenvalue weighted by Gasteiger charge is -2.00. The maximum Gasteiger partial charge on any atom is 0.290 e. The molecule has 4 nitrogen and oxygen atoms in total. The van der Waals surface area contributed by atoms with Crippen LogP contribution in [-0.4, -0.2) is 9.91 Å². The standard InChI is InChI=1S/C9H10N2O2/c1-6(2)8-4-5-9(11(12)13)7(3)10-8/h4-5H,1H2,2-3H3. The number of pyridine rings is 1. The first-order chi connectivity index (χ1) is 6.02. The van der Waals surface area contributed by atoms with Gasteiger partial charge in [0.15, 0.2) is 0 Å². The van der Waals surface area contributed by atoms with Gasteiger partial charge in [-0.3, -0.25) is 10.1 Å². The van der Waals surface area contributed by atoms with Crippen LogP contribution in [0.2, 0.25) is 0 Å². The van der Waals surface area contributed by atoms with E-state index in [4.69, 9.17) is 0 Å². The zero-order valence-corrected chi connectivity index (χ0v) is 7.57. The van der Waals surface area contributed by atoms with Crippen molar-refractivity contribution < 1.29 is 4.92 Å². The molecule has 0 fully saturated rings. The second kappa shape index (κ2) is 3.35. The van der Waals surface area contributed by atoms with Crippen LogP contribution in [0.4, 0.5) is 5.69 Å².